The Balaban J connectivity index is 1.95. The van der Waals surface area contributed by atoms with Crippen LogP contribution in [0.3, 0.4) is 0 Å². The van der Waals surface area contributed by atoms with Gasteiger partial charge in [-0.25, -0.2) is 0 Å². The first kappa shape index (κ1) is 19.7. The van der Waals surface area contributed by atoms with Gasteiger partial charge < -0.3 is 15.1 Å². The van der Waals surface area contributed by atoms with Gasteiger partial charge in [0.1, 0.15) is 5.00 Å². The molecule has 2 N–H and O–H groups in total. The molecule has 146 valence electrons. The zero-order valence-electron chi connectivity index (χ0n) is 16.6. The smallest absolute Gasteiger partial charge is 0.291 e. The summed E-state index contributed by atoms with van der Waals surface area (Å²) in [4.78, 5) is 26.6. The topological polar surface area (TPSA) is 71.3 Å². The molecule has 2 amide bonds. The van der Waals surface area contributed by atoms with Gasteiger partial charge in [0.05, 0.1) is 11.8 Å². The number of thiophene rings is 1. The maximum absolute atomic E-state index is 12.9. The van der Waals surface area contributed by atoms with Gasteiger partial charge in [-0.1, -0.05) is 20.8 Å². The second-order valence-electron chi connectivity index (χ2n) is 8.57. The van der Waals surface area contributed by atoms with Crippen LogP contribution in [0.4, 0.5) is 5.00 Å². The van der Waals surface area contributed by atoms with Crippen LogP contribution in [0.25, 0.3) is 0 Å². The molecule has 2 heterocycles. The van der Waals surface area contributed by atoms with E-state index in [1.54, 1.807) is 12.1 Å². The van der Waals surface area contributed by atoms with Crippen molar-refractivity contribution in [2.75, 3.05) is 5.32 Å². The summed E-state index contributed by atoms with van der Waals surface area (Å²) in [6, 6.07) is 3.33. The fraction of sp³-hybridized carbons (Fsp3) is 0.524. The van der Waals surface area contributed by atoms with Crippen molar-refractivity contribution in [1.29, 1.82) is 0 Å². The molecule has 0 spiro atoms. The molecular formula is C21H28N2O3S. The van der Waals surface area contributed by atoms with E-state index >= 15 is 0 Å². The van der Waals surface area contributed by atoms with Gasteiger partial charge in [0.2, 0.25) is 0 Å². The molecule has 5 nitrogen and oxygen atoms in total. The van der Waals surface area contributed by atoms with Crippen molar-refractivity contribution >= 4 is 28.2 Å². The quantitative estimate of drug-likeness (QED) is 0.784. The minimum atomic E-state index is -0.329. The molecule has 1 unspecified atom stereocenters. The third kappa shape index (κ3) is 4.26. The van der Waals surface area contributed by atoms with Crippen LogP contribution in [0.15, 0.2) is 22.8 Å². The van der Waals surface area contributed by atoms with E-state index in [1.807, 2.05) is 13.8 Å². The molecule has 27 heavy (non-hydrogen) atoms. The summed E-state index contributed by atoms with van der Waals surface area (Å²) in [7, 11) is 0. The lowest BCUT2D eigenvalue weighted by Gasteiger charge is -2.33. The molecule has 3 rings (SSSR count). The molecule has 0 bridgehead atoms. The van der Waals surface area contributed by atoms with Crippen LogP contribution in [0.2, 0.25) is 0 Å². The van der Waals surface area contributed by atoms with E-state index in [4.69, 9.17) is 4.42 Å². The Morgan fingerprint density at radius 3 is 2.59 bits per heavy atom. The molecule has 0 fully saturated rings. The number of carbonyl (C=O) groups excluding carboxylic acids is 2. The molecule has 2 aromatic rings. The van der Waals surface area contributed by atoms with Crippen molar-refractivity contribution in [3.63, 3.8) is 0 Å². The standard InChI is InChI=1S/C21H28N2O3S/c1-12(2)22-19(25)17-14-9-8-13(21(3,4)5)11-16(14)27-20(17)23-18(24)15-7-6-10-26-15/h6-7,10,12-13H,8-9,11H2,1-5H3,(H,22,25)(H,23,24). The van der Waals surface area contributed by atoms with E-state index in [9.17, 15) is 9.59 Å². The van der Waals surface area contributed by atoms with E-state index < -0.39 is 0 Å². The Labute approximate surface area is 164 Å². The van der Waals surface area contributed by atoms with Crippen LogP contribution in [-0.2, 0) is 12.8 Å². The highest BCUT2D eigenvalue weighted by atomic mass is 32.1. The third-order valence-electron chi connectivity index (χ3n) is 5.11. The van der Waals surface area contributed by atoms with Gasteiger partial charge in [0.15, 0.2) is 5.76 Å². The predicted molar refractivity (Wildman–Crippen MR) is 109 cm³/mol. The maximum Gasteiger partial charge on any atom is 0.291 e. The van der Waals surface area contributed by atoms with Gasteiger partial charge in [-0.15, -0.1) is 11.3 Å². The maximum atomic E-state index is 12.9. The Kier molecular flexibility index (Phi) is 5.47. The first-order valence-corrected chi connectivity index (χ1v) is 10.3. The molecular weight excluding hydrogens is 360 g/mol. The summed E-state index contributed by atoms with van der Waals surface area (Å²) in [5.74, 6) is 0.360. The van der Waals surface area contributed by atoms with E-state index in [2.05, 4.69) is 31.4 Å². The molecule has 1 aliphatic carbocycles. The van der Waals surface area contributed by atoms with Crippen LogP contribution < -0.4 is 10.6 Å². The molecule has 0 saturated carbocycles. The van der Waals surface area contributed by atoms with E-state index in [0.717, 1.165) is 24.8 Å². The molecule has 0 aliphatic heterocycles. The Morgan fingerprint density at radius 2 is 2.00 bits per heavy atom. The van der Waals surface area contributed by atoms with Gasteiger partial charge in [-0.2, -0.15) is 0 Å². The minimum Gasteiger partial charge on any atom is -0.459 e. The normalized spacial score (nSPS) is 16.9. The molecule has 0 radical (unpaired) electrons. The molecule has 0 saturated heterocycles. The van der Waals surface area contributed by atoms with Crippen molar-refractivity contribution in [2.45, 2.75) is 59.9 Å². The van der Waals surface area contributed by atoms with E-state index in [-0.39, 0.29) is 29.0 Å². The van der Waals surface area contributed by atoms with Crippen LogP contribution in [0.5, 0.6) is 0 Å². The van der Waals surface area contributed by atoms with E-state index in [1.165, 1.54) is 22.5 Å². The average Bonchev–Trinajstić information content (AvgIpc) is 3.20. The predicted octanol–water partition coefficient (Wildman–Crippen LogP) is 4.88. The summed E-state index contributed by atoms with van der Waals surface area (Å²) in [6.45, 7) is 10.7. The Bertz CT molecular complexity index is 828. The summed E-state index contributed by atoms with van der Waals surface area (Å²) in [6.07, 6.45) is 4.34. The molecule has 1 aliphatic rings. The summed E-state index contributed by atoms with van der Waals surface area (Å²) < 4.78 is 5.19. The van der Waals surface area contributed by atoms with Gasteiger partial charge in [-0.3, -0.25) is 9.59 Å². The molecule has 0 aromatic carbocycles. The molecule has 6 heteroatoms. The van der Waals surface area contributed by atoms with Crippen molar-refractivity contribution in [3.8, 4) is 0 Å². The fourth-order valence-corrected chi connectivity index (χ4v) is 4.88. The van der Waals surface area contributed by atoms with Crippen molar-refractivity contribution in [3.05, 3.63) is 40.2 Å². The highest BCUT2D eigenvalue weighted by Crippen LogP contribution is 2.44. The van der Waals surface area contributed by atoms with Gasteiger partial charge >= 0.3 is 0 Å². The van der Waals surface area contributed by atoms with Crippen LogP contribution >= 0.6 is 11.3 Å². The number of anilines is 1. The number of hydrogen-bond acceptors (Lipinski definition) is 4. The number of rotatable bonds is 4. The number of furan rings is 1. The van der Waals surface area contributed by atoms with Crippen LogP contribution in [-0.4, -0.2) is 17.9 Å². The second kappa shape index (κ2) is 7.50. The van der Waals surface area contributed by atoms with Gasteiger partial charge in [0.25, 0.3) is 11.8 Å². The van der Waals surface area contributed by atoms with Gasteiger partial charge in [0, 0.05) is 10.9 Å². The number of amides is 2. The lowest BCUT2D eigenvalue weighted by molar-refractivity contribution is 0.0943. The summed E-state index contributed by atoms with van der Waals surface area (Å²) >= 11 is 1.53. The first-order valence-electron chi connectivity index (χ1n) is 9.47. The number of fused-ring (bicyclic) bond motifs is 1. The second-order valence-corrected chi connectivity index (χ2v) is 9.68. The highest BCUT2D eigenvalue weighted by molar-refractivity contribution is 7.17. The minimum absolute atomic E-state index is 0.0348. The van der Waals surface area contributed by atoms with E-state index in [0.29, 0.717) is 16.5 Å². The highest BCUT2D eigenvalue weighted by Gasteiger charge is 2.34. The monoisotopic (exact) mass is 388 g/mol. The lowest BCUT2D eigenvalue weighted by Crippen LogP contribution is -2.32. The zero-order valence-corrected chi connectivity index (χ0v) is 17.5. The van der Waals surface area contributed by atoms with Crippen molar-refractivity contribution in [1.82, 2.24) is 5.32 Å². The van der Waals surface area contributed by atoms with Crippen molar-refractivity contribution < 1.29 is 14.0 Å². The first-order chi connectivity index (χ1) is 12.7. The van der Waals surface area contributed by atoms with Crippen LogP contribution in [0, 0.1) is 11.3 Å². The largest absolute Gasteiger partial charge is 0.459 e. The zero-order chi connectivity index (χ0) is 19.8. The lowest BCUT2D eigenvalue weighted by atomic mass is 9.72. The SMILES string of the molecule is CC(C)NC(=O)c1c(NC(=O)c2ccco2)sc2c1CCC(C(C)(C)C)C2. The Hall–Kier alpha value is -2.08. The third-order valence-corrected chi connectivity index (χ3v) is 6.28. The number of hydrogen-bond donors (Lipinski definition) is 2. The van der Waals surface area contributed by atoms with Crippen LogP contribution in [0.1, 0.15) is 72.4 Å². The van der Waals surface area contributed by atoms with Crippen molar-refractivity contribution in [2.24, 2.45) is 11.3 Å². The number of nitrogens with one attached hydrogen (secondary N) is 2. The van der Waals surface area contributed by atoms with Gasteiger partial charge in [-0.05, 0) is 62.1 Å². The molecule has 2 aromatic heterocycles. The Morgan fingerprint density at radius 1 is 1.26 bits per heavy atom. The summed E-state index contributed by atoms with van der Waals surface area (Å²) in [5, 5.41) is 6.50. The fourth-order valence-electron chi connectivity index (χ4n) is 3.56. The average molecular weight is 389 g/mol. The number of carbonyl (C=O) groups is 2. The summed E-state index contributed by atoms with van der Waals surface area (Å²) in [5.41, 5.74) is 1.93. The molecule has 1 atom stereocenters.